The Balaban J connectivity index is 2.28. The fourth-order valence-corrected chi connectivity index (χ4v) is 1.71. The van der Waals surface area contributed by atoms with Gasteiger partial charge in [-0.1, -0.05) is 12.1 Å². The monoisotopic (exact) mass is 298 g/mol. The van der Waals surface area contributed by atoms with Gasteiger partial charge in [0.25, 0.3) is 5.91 Å². The lowest BCUT2D eigenvalue weighted by molar-refractivity contribution is -0.112. The summed E-state index contributed by atoms with van der Waals surface area (Å²) in [5.41, 5.74) is -0.189. The van der Waals surface area contributed by atoms with Gasteiger partial charge in [0.1, 0.15) is 29.0 Å². The van der Waals surface area contributed by atoms with E-state index in [1.54, 1.807) is 12.1 Å². The maximum atomic E-state index is 13.5. The number of amides is 1. The number of nitrogens with zero attached hydrogens (tertiary/aromatic N) is 1. The molecule has 0 saturated heterocycles. The molecule has 0 unspecified atom stereocenters. The summed E-state index contributed by atoms with van der Waals surface area (Å²) in [7, 11) is 0. The second-order valence-corrected chi connectivity index (χ2v) is 4.35. The van der Waals surface area contributed by atoms with E-state index in [0.717, 1.165) is 12.1 Å². The molecule has 0 bridgehead atoms. The van der Waals surface area contributed by atoms with Gasteiger partial charge in [-0.05, 0) is 30.3 Å². The number of carbonyl (C=O) groups is 1. The molecule has 0 heterocycles. The maximum Gasteiger partial charge on any atom is 0.266 e. The van der Waals surface area contributed by atoms with Crippen LogP contribution in [-0.2, 0) is 4.79 Å². The standard InChI is InChI=1S/C16H11FN2O3/c17-13-3-1-2-4-14(13)19-16(22)11(9-18)7-10-5-6-12(20)8-15(10)21/h1-8,20-21H,(H,19,22)/b11-7-. The summed E-state index contributed by atoms with van der Waals surface area (Å²) in [6.07, 6.45) is 1.14. The Bertz CT molecular complexity index is 794. The van der Waals surface area contributed by atoms with Crippen molar-refractivity contribution in [3.05, 3.63) is 59.4 Å². The lowest BCUT2D eigenvalue weighted by atomic mass is 10.1. The van der Waals surface area contributed by atoms with Crippen LogP contribution in [0.5, 0.6) is 11.5 Å². The molecule has 0 atom stereocenters. The highest BCUT2D eigenvalue weighted by molar-refractivity contribution is 6.09. The minimum Gasteiger partial charge on any atom is -0.508 e. The molecule has 0 aliphatic heterocycles. The van der Waals surface area contributed by atoms with Gasteiger partial charge in [0.05, 0.1) is 5.69 Å². The lowest BCUT2D eigenvalue weighted by Gasteiger charge is -2.06. The number of rotatable bonds is 3. The molecule has 0 aromatic heterocycles. The molecule has 0 aliphatic carbocycles. The molecule has 2 rings (SSSR count). The minimum atomic E-state index is -0.805. The Morgan fingerprint density at radius 3 is 2.59 bits per heavy atom. The van der Waals surface area contributed by atoms with Gasteiger partial charge in [-0.15, -0.1) is 0 Å². The molecule has 5 nitrogen and oxygen atoms in total. The number of aromatic hydroxyl groups is 2. The summed E-state index contributed by atoms with van der Waals surface area (Å²) in [5, 5.41) is 30.2. The molecule has 2 aromatic carbocycles. The van der Waals surface area contributed by atoms with Crippen LogP contribution in [-0.4, -0.2) is 16.1 Å². The van der Waals surface area contributed by atoms with Gasteiger partial charge in [0.15, 0.2) is 0 Å². The van der Waals surface area contributed by atoms with Crippen LogP contribution in [0, 0.1) is 17.1 Å². The van der Waals surface area contributed by atoms with Crippen LogP contribution >= 0.6 is 0 Å². The Labute approximate surface area is 125 Å². The Kier molecular flexibility index (Phi) is 4.39. The third kappa shape index (κ3) is 3.41. The van der Waals surface area contributed by atoms with Gasteiger partial charge in [-0.2, -0.15) is 5.26 Å². The number of phenols is 2. The van der Waals surface area contributed by atoms with Crippen LogP contribution in [0.2, 0.25) is 0 Å². The third-order valence-corrected chi connectivity index (χ3v) is 2.80. The first kappa shape index (κ1) is 15.1. The Morgan fingerprint density at radius 1 is 1.23 bits per heavy atom. The SMILES string of the molecule is N#C/C(=C/c1ccc(O)cc1O)C(=O)Nc1ccccc1F. The molecule has 2 aromatic rings. The predicted octanol–water partition coefficient (Wildman–Crippen LogP) is 2.78. The molecular formula is C16H11FN2O3. The highest BCUT2D eigenvalue weighted by atomic mass is 19.1. The zero-order chi connectivity index (χ0) is 16.1. The van der Waals surface area contributed by atoms with Crippen molar-refractivity contribution in [1.29, 1.82) is 5.26 Å². The summed E-state index contributed by atoms with van der Waals surface area (Å²) in [6.45, 7) is 0. The van der Waals surface area contributed by atoms with Crippen molar-refractivity contribution in [2.75, 3.05) is 5.32 Å². The molecule has 0 saturated carbocycles. The van der Waals surface area contributed by atoms with Gasteiger partial charge in [-0.25, -0.2) is 4.39 Å². The van der Waals surface area contributed by atoms with Crippen molar-refractivity contribution in [1.82, 2.24) is 0 Å². The van der Waals surface area contributed by atoms with Gasteiger partial charge in [-0.3, -0.25) is 4.79 Å². The predicted molar refractivity (Wildman–Crippen MR) is 78.4 cm³/mol. The molecule has 110 valence electrons. The van der Waals surface area contributed by atoms with E-state index in [-0.39, 0.29) is 28.3 Å². The van der Waals surface area contributed by atoms with Crippen LogP contribution in [0.15, 0.2) is 48.0 Å². The number of hydrogen-bond acceptors (Lipinski definition) is 4. The quantitative estimate of drug-likeness (QED) is 0.600. The van der Waals surface area contributed by atoms with E-state index in [0.29, 0.717) is 0 Å². The fourth-order valence-electron chi connectivity index (χ4n) is 1.71. The van der Waals surface area contributed by atoms with E-state index in [1.165, 1.54) is 30.3 Å². The van der Waals surface area contributed by atoms with E-state index in [4.69, 9.17) is 5.26 Å². The van der Waals surface area contributed by atoms with Crippen LogP contribution < -0.4 is 5.32 Å². The van der Waals surface area contributed by atoms with Crippen LogP contribution in [0.25, 0.3) is 6.08 Å². The molecular weight excluding hydrogens is 287 g/mol. The maximum absolute atomic E-state index is 13.5. The first-order valence-electron chi connectivity index (χ1n) is 6.21. The van der Waals surface area contributed by atoms with Crippen molar-refractivity contribution in [3.63, 3.8) is 0 Å². The van der Waals surface area contributed by atoms with Gasteiger partial charge >= 0.3 is 0 Å². The van der Waals surface area contributed by atoms with E-state index in [2.05, 4.69) is 5.32 Å². The van der Waals surface area contributed by atoms with Crippen molar-refractivity contribution in [3.8, 4) is 17.6 Å². The normalized spacial score (nSPS) is 10.8. The van der Waals surface area contributed by atoms with Gasteiger partial charge < -0.3 is 15.5 Å². The largest absolute Gasteiger partial charge is 0.508 e. The second kappa shape index (κ2) is 6.41. The first-order valence-corrected chi connectivity index (χ1v) is 6.21. The molecule has 0 aliphatic rings. The topological polar surface area (TPSA) is 93.3 Å². The summed E-state index contributed by atoms with van der Waals surface area (Å²) in [4.78, 5) is 12.0. The Morgan fingerprint density at radius 2 is 1.95 bits per heavy atom. The number of nitrogens with one attached hydrogen (secondary N) is 1. The lowest BCUT2D eigenvalue weighted by Crippen LogP contribution is -2.14. The van der Waals surface area contributed by atoms with Crippen molar-refractivity contribution < 1.29 is 19.4 Å². The molecule has 0 fully saturated rings. The number of benzene rings is 2. The second-order valence-electron chi connectivity index (χ2n) is 4.35. The molecule has 1 amide bonds. The Hall–Kier alpha value is -3.33. The zero-order valence-corrected chi connectivity index (χ0v) is 11.2. The summed E-state index contributed by atoms with van der Waals surface area (Å²) in [6, 6.07) is 11.0. The highest BCUT2D eigenvalue weighted by Gasteiger charge is 2.12. The first-order chi connectivity index (χ1) is 10.5. The highest BCUT2D eigenvalue weighted by Crippen LogP contribution is 2.25. The van der Waals surface area contributed by atoms with Crippen LogP contribution in [0.1, 0.15) is 5.56 Å². The van der Waals surface area contributed by atoms with Gasteiger partial charge in [0, 0.05) is 11.6 Å². The molecule has 3 N–H and O–H groups in total. The molecule has 0 radical (unpaired) electrons. The fraction of sp³-hybridized carbons (Fsp3) is 0. The zero-order valence-electron chi connectivity index (χ0n) is 11.2. The van der Waals surface area contributed by atoms with E-state index >= 15 is 0 Å². The van der Waals surface area contributed by atoms with E-state index in [9.17, 15) is 19.4 Å². The van der Waals surface area contributed by atoms with E-state index < -0.39 is 11.7 Å². The molecule has 0 spiro atoms. The average Bonchev–Trinajstić information content (AvgIpc) is 2.49. The van der Waals surface area contributed by atoms with Crippen molar-refractivity contribution in [2.45, 2.75) is 0 Å². The minimum absolute atomic E-state index is 0.0522. The van der Waals surface area contributed by atoms with Crippen LogP contribution in [0.4, 0.5) is 10.1 Å². The average molecular weight is 298 g/mol. The van der Waals surface area contributed by atoms with Crippen molar-refractivity contribution in [2.24, 2.45) is 0 Å². The number of halogens is 1. The third-order valence-electron chi connectivity index (χ3n) is 2.80. The number of phenolic OH excluding ortho intramolecular Hbond substituents is 2. The number of para-hydroxylation sites is 1. The number of nitriles is 1. The van der Waals surface area contributed by atoms with Gasteiger partial charge in [0.2, 0.25) is 0 Å². The summed E-state index contributed by atoms with van der Waals surface area (Å²) >= 11 is 0. The smallest absolute Gasteiger partial charge is 0.266 e. The van der Waals surface area contributed by atoms with Crippen LogP contribution in [0.3, 0.4) is 0 Å². The number of anilines is 1. The summed E-state index contributed by atoms with van der Waals surface area (Å²) < 4.78 is 13.5. The molecule has 22 heavy (non-hydrogen) atoms. The molecule has 6 heteroatoms. The summed E-state index contributed by atoms with van der Waals surface area (Å²) in [5.74, 6) is -1.86. The van der Waals surface area contributed by atoms with Crippen molar-refractivity contribution >= 4 is 17.7 Å². The van der Waals surface area contributed by atoms with E-state index in [1.807, 2.05) is 0 Å². The number of carbonyl (C=O) groups excluding carboxylic acids is 1. The number of hydrogen-bond donors (Lipinski definition) is 3.